The van der Waals surface area contributed by atoms with Crippen molar-refractivity contribution in [3.05, 3.63) is 66.0 Å². The average Bonchev–Trinajstić information content (AvgIpc) is 3.28. The lowest BCUT2D eigenvalue weighted by Gasteiger charge is -2.13. The van der Waals surface area contributed by atoms with Gasteiger partial charge in [-0.25, -0.2) is 4.68 Å². The molecular weight excluding hydrogens is 442 g/mol. The minimum atomic E-state index is -1.11. The van der Waals surface area contributed by atoms with Crippen LogP contribution in [0, 0.1) is 0 Å². The van der Waals surface area contributed by atoms with Gasteiger partial charge < -0.3 is 10.8 Å². The molecule has 186 valence electrons. The van der Waals surface area contributed by atoms with Gasteiger partial charge in [0.25, 0.3) is 0 Å². The number of rotatable bonds is 11. The number of unbranched alkanes of at least 4 members (excludes halogenated alkanes) is 2. The van der Waals surface area contributed by atoms with Crippen LogP contribution in [0.15, 0.2) is 54.7 Å². The Hall–Kier alpha value is -3.36. The predicted octanol–water partition coefficient (Wildman–Crippen LogP) is 3.51. The van der Waals surface area contributed by atoms with Crippen LogP contribution in [0.25, 0.3) is 17.1 Å². The fourth-order valence-corrected chi connectivity index (χ4v) is 3.73. The molecule has 35 heavy (non-hydrogen) atoms. The number of nitrogens with two attached hydrogens (primary N) is 1. The Balaban J connectivity index is 1.62. The number of carbonyl (C=O) groups excluding carboxylic acids is 2. The molecule has 2 heterocycles. The van der Waals surface area contributed by atoms with E-state index in [-0.39, 0.29) is 12.3 Å². The molecule has 2 amide bonds. The van der Waals surface area contributed by atoms with Crippen LogP contribution in [0.5, 0.6) is 0 Å². The van der Waals surface area contributed by atoms with Gasteiger partial charge in [0.2, 0.25) is 11.8 Å². The Labute approximate surface area is 206 Å². The molecule has 0 unspecified atom stereocenters. The molecule has 0 saturated carbocycles. The van der Waals surface area contributed by atoms with Gasteiger partial charge in [0.15, 0.2) is 0 Å². The molecular formula is C27H35N5O3. The van der Waals surface area contributed by atoms with Crippen LogP contribution >= 0.6 is 0 Å². The van der Waals surface area contributed by atoms with E-state index in [4.69, 9.17) is 10.8 Å². The minimum Gasteiger partial charge on any atom is -0.391 e. The number of imide groups is 1. The van der Waals surface area contributed by atoms with Crippen molar-refractivity contribution in [1.82, 2.24) is 20.1 Å². The largest absolute Gasteiger partial charge is 0.391 e. The fourth-order valence-electron chi connectivity index (χ4n) is 3.73. The van der Waals surface area contributed by atoms with Gasteiger partial charge >= 0.3 is 0 Å². The van der Waals surface area contributed by atoms with E-state index in [0.29, 0.717) is 12.3 Å². The predicted molar refractivity (Wildman–Crippen MR) is 136 cm³/mol. The minimum absolute atomic E-state index is 0.230. The molecule has 2 atom stereocenters. The maximum Gasteiger partial charge on any atom is 0.246 e. The van der Waals surface area contributed by atoms with Crippen molar-refractivity contribution in [2.75, 3.05) is 0 Å². The van der Waals surface area contributed by atoms with Gasteiger partial charge in [0, 0.05) is 18.3 Å². The van der Waals surface area contributed by atoms with E-state index in [2.05, 4.69) is 54.5 Å². The molecule has 0 fully saturated rings. The van der Waals surface area contributed by atoms with Crippen LogP contribution in [-0.4, -0.2) is 43.8 Å². The first-order valence-corrected chi connectivity index (χ1v) is 12.1. The molecule has 3 rings (SSSR count). The van der Waals surface area contributed by atoms with Gasteiger partial charge in [-0.2, -0.15) is 5.10 Å². The normalized spacial score (nSPS) is 13.0. The smallest absolute Gasteiger partial charge is 0.246 e. The number of aromatic nitrogens is 3. The lowest BCUT2D eigenvalue weighted by Crippen LogP contribution is -2.48. The van der Waals surface area contributed by atoms with E-state index in [1.807, 2.05) is 22.9 Å². The topological polar surface area (TPSA) is 123 Å². The molecule has 0 aliphatic heterocycles. The molecule has 0 aliphatic rings. The third kappa shape index (κ3) is 7.31. The van der Waals surface area contributed by atoms with Crippen LogP contribution in [-0.2, 0) is 16.0 Å². The van der Waals surface area contributed by atoms with Gasteiger partial charge in [0.1, 0.15) is 11.7 Å². The van der Waals surface area contributed by atoms with Crippen LogP contribution in [0.4, 0.5) is 0 Å². The van der Waals surface area contributed by atoms with Crippen molar-refractivity contribution in [1.29, 1.82) is 0 Å². The lowest BCUT2D eigenvalue weighted by atomic mass is 10.0. The molecule has 0 bridgehead atoms. The second kappa shape index (κ2) is 12.4. The molecule has 1 aromatic carbocycles. The Kier molecular flexibility index (Phi) is 9.28. The van der Waals surface area contributed by atoms with Crippen LogP contribution < -0.4 is 11.1 Å². The summed E-state index contributed by atoms with van der Waals surface area (Å²) in [6.45, 7) is 5.76. The Morgan fingerprint density at radius 2 is 1.77 bits per heavy atom. The van der Waals surface area contributed by atoms with Crippen molar-refractivity contribution in [3.8, 4) is 17.1 Å². The highest BCUT2D eigenvalue weighted by Crippen LogP contribution is 2.23. The quantitative estimate of drug-likeness (QED) is 0.363. The van der Waals surface area contributed by atoms with E-state index in [1.54, 1.807) is 6.20 Å². The highest BCUT2D eigenvalue weighted by Gasteiger charge is 2.20. The van der Waals surface area contributed by atoms with Gasteiger partial charge in [-0.05, 0) is 68.0 Å². The number of hydrogen-bond donors (Lipinski definition) is 3. The van der Waals surface area contributed by atoms with Crippen molar-refractivity contribution in [3.63, 3.8) is 0 Å². The number of benzene rings is 1. The maximum absolute atomic E-state index is 12.0. The SMILES string of the molecule is CC(C)c1ccc(-n2nc(-c3ccccn3)cc2CCCCCC(=O)NC(=O)[C@@H](N)[C@@H](C)O)cc1. The van der Waals surface area contributed by atoms with E-state index < -0.39 is 18.1 Å². The number of hydrogen-bond acceptors (Lipinski definition) is 6. The van der Waals surface area contributed by atoms with Crippen LogP contribution in [0.1, 0.15) is 63.6 Å². The maximum atomic E-state index is 12.0. The zero-order valence-electron chi connectivity index (χ0n) is 20.6. The molecule has 0 radical (unpaired) electrons. The summed E-state index contributed by atoms with van der Waals surface area (Å²) in [5.41, 5.74) is 10.5. The van der Waals surface area contributed by atoms with Gasteiger partial charge in [-0.15, -0.1) is 0 Å². The summed E-state index contributed by atoms with van der Waals surface area (Å²) in [6, 6.07) is 15.2. The zero-order chi connectivity index (χ0) is 25.4. The summed E-state index contributed by atoms with van der Waals surface area (Å²) >= 11 is 0. The first kappa shape index (κ1) is 26.2. The second-order valence-electron chi connectivity index (χ2n) is 9.13. The molecule has 3 aromatic rings. The third-order valence-electron chi connectivity index (χ3n) is 5.94. The Morgan fingerprint density at radius 1 is 1.03 bits per heavy atom. The van der Waals surface area contributed by atoms with E-state index in [1.165, 1.54) is 12.5 Å². The molecule has 0 aliphatic carbocycles. The Bertz CT molecular complexity index is 1110. The van der Waals surface area contributed by atoms with Gasteiger partial charge in [-0.1, -0.05) is 38.5 Å². The zero-order valence-corrected chi connectivity index (χ0v) is 20.6. The second-order valence-corrected chi connectivity index (χ2v) is 9.13. The standard InChI is InChI=1S/C27H35N5O3/c1-18(2)20-12-14-21(15-13-20)32-22(17-24(31-32)23-10-7-8-16-29-23)9-5-4-6-11-25(34)30-27(35)26(28)19(3)33/h7-8,10,12-19,26,33H,4-6,9,11,28H2,1-3H3,(H,30,34,35)/t19-,26+/m1/s1. The number of pyridine rings is 1. The average molecular weight is 478 g/mol. The number of aliphatic hydroxyl groups is 1. The summed E-state index contributed by atoms with van der Waals surface area (Å²) < 4.78 is 1.97. The van der Waals surface area contributed by atoms with Gasteiger partial charge in [-0.3, -0.25) is 19.9 Å². The molecule has 0 saturated heterocycles. The molecule has 4 N–H and O–H groups in total. The fraction of sp³-hybridized carbons (Fsp3) is 0.407. The highest BCUT2D eigenvalue weighted by atomic mass is 16.3. The third-order valence-corrected chi connectivity index (χ3v) is 5.94. The molecule has 8 nitrogen and oxygen atoms in total. The Morgan fingerprint density at radius 3 is 2.40 bits per heavy atom. The van der Waals surface area contributed by atoms with Crippen molar-refractivity contribution < 1.29 is 14.7 Å². The number of carbonyl (C=O) groups is 2. The summed E-state index contributed by atoms with van der Waals surface area (Å²) in [4.78, 5) is 28.2. The number of amides is 2. The van der Waals surface area contributed by atoms with Crippen molar-refractivity contribution >= 4 is 11.8 Å². The number of aliphatic hydroxyl groups excluding tert-OH is 1. The van der Waals surface area contributed by atoms with E-state index >= 15 is 0 Å². The van der Waals surface area contributed by atoms with Crippen molar-refractivity contribution in [2.45, 2.75) is 70.9 Å². The summed E-state index contributed by atoms with van der Waals surface area (Å²) in [6.07, 6.45) is 4.10. The monoisotopic (exact) mass is 477 g/mol. The molecule has 0 spiro atoms. The number of nitrogens with one attached hydrogen (secondary N) is 1. The molecule has 2 aromatic heterocycles. The lowest BCUT2D eigenvalue weighted by molar-refractivity contribution is -0.132. The van der Waals surface area contributed by atoms with E-state index in [0.717, 1.165) is 42.0 Å². The summed E-state index contributed by atoms with van der Waals surface area (Å²) in [5.74, 6) is -0.571. The van der Waals surface area contributed by atoms with Crippen molar-refractivity contribution in [2.24, 2.45) is 5.73 Å². The molecule has 8 heteroatoms. The van der Waals surface area contributed by atoms with Gasteiger partial charge in [0.05, 0.1) is 17.5 Å². The van der Waals surface area contributed by atoms with Crippen LogP contribution in [0.2, 0.25) is 0 Å². The number of aryl methyl sites for hydroxylation is 1. The first-order chi connectivity index (χ1) is 16.8. The first-order valence-electron chi connectivity index (χ1n) is 12.1. The number of nitrogens with zero attached hydrogens (tertiary/aromatic N) is 3. The van der Waals surface area contributed by atoms with Crippen LogP contribution in [0.3, 0.4) is 0 Å². The summed E-state index contributed by atoms with van der Waals surface area (Å²) in [7, 11) is 0. The highest BCUT2D eigenvalue weighted by molar-refractivity contribution is 5.97. The van der Waals surface area contributed by atoms with E-state index in [9.17, 15) is 14.7 Å². The summed E-state index contributed by atoms with van der Waals surface area (Å²) in [5, 5.41) is 16.5.